The van der Waals surface area contributed by atoms with E-state index in [1.165, 1.54) is 10.5 Å². The van der Waals surface area contributed by atoms with Crippen LogP contribution in [0.4, 0.5) is 11.4 Å². The fourth-order valence-electron chi connectivity index (χ4n) is 3.83. The minimum Gasteiger partial charge on any atom is -0.484 e. The lowest BCUT2D eigenvalue weighted by atomic mass is 10.1. The Morgan fingerprint density at radius 2 is 1.64 bits per heavy atom. The van der Waals surface area contributed by atoms with E-state index in [0.29, 0.717) is 33.3 Å². The SMILES string of the molecule is Cc1ccc(CN(c2ccc(C(=O)N/N=C\c3ccc(OCC(=O)Nc4cccc(Cl)c4)cc3)cc2)S(C)(=O)=O)cc1. The minimum absolute atomic E-state index is 0.176. The molecule has 0 fully saturated rings. The maximum absolute atomic E-state index is 12.6. The first kappa shape index (κ1) is 30.3. The summed E-state index contributed by atoms with van der Waals surface area (Å²) >= 11 is 5.92. The number of benzene rings is 4. The maximum Gasteiger partial charge on any atom is 0.271 e. The standard InChI is InChI=1S/C31H29ClN4O5S/c1-22-6-8-24(9-7-22)20-36(42(2,39)40)28-14-12-25(13-15-28)31(38)35-33-19-23-10-16-29(17-11-23)41-21-30(37)34-27-5-3-4-26(32)18-27/h3-19H,20-21H2,1-2H3,(H,34,37)(H,35,38)/b33-19-. The molecule has 216 valence electrons. The van der Waals surface area contributed by atoms with Gasteiger partial charge in [0.2, 0.25) is 10.0 Å². The van der Waals surface area contributed by atoms with Gasteiger partial charge < -0.3 is 10.1 Å². The Balaban J connectivity index is 1.28. The number of hydrazone groups is 1. The second-order valence-corrected chi connectivity index (χ2v) is 11.8. The number of ether oxygens (including phenoxy) is 1. The number of anilines is 2. The molecule has 0 atom stereocenters. The van der Waals surface area contributed by atoms with E-state index in [-0.39, 0.29) is 19.1 Å². The van der Waals surface area contributed by atoms with Crippen molar-refractivity contribution in [3.63, 3.8) is 0 Å². The number of sulfonamides is 1. The Hall–Kier alpha value is -4.67. The Bertz CT molecular complexity index is 1670. The van der Waals surface area contributed by atoms with E-state index in [9.17, 15) is 18.0 Å². The number of halogens is 1. The van der Waals surface area contributed by atoms with Crippen LogP contribution in [-0.4, -0.2) is 39.3 Å². The zero-order valence-corrected chi connectivity index (χ0v) is 24.5. The van der Waals surface area contributed by atoms with Crippen molar-refractivity contribution >= 4 is 51.0 Å². The van der Waals surface area contributed by atoms with Crippen LogP contribution in [0.3, 0.4) is 0 Å². The molecule has 0 bridgehead atoms. The zero-order valence-electron chi connectivity index (χ0n) is 23.0. The van der Waals surface area contributed by atoms with Gasteiger partial charge in [0, 0.05) is 16.3 Å². The van der Waals surface area contributed by atoms with E-state index in [4.69, 9.17) is 16.3 Å². The summed E-state index contributed by atoms with van der Waals surface area (Å²) in [6, 6.07) is 27.5. The molecule has 4 aromatic rings. The molecule has 2 N–H and O–H groups in total. The lowest BCUT2D eigenvalue weighted by molar-refractivity contribution is -0.118. The van der Waals surface area contributed by atoms with Crippen LogP contribution in [0.15, 0.2) is 102 Å². The second-order valence-electron chi connectivity index (χ2n) is 9.42. The topological polar surface area (TPSA) is 117 Å². The maximum atomic E-state index is 12.6. The van der Waals surface area contributed by atoms with Crippen molar-refractivity contribution in [2.75, 3.05) is 22.5 Å². The van der Waals surface area contributed by atoms with Crippen LogP contribution in [0.25, 0.3) is 0 Å². The number of rotatable bonds is 11. The number of nitrogens with one attached hydrogen (secondary N) is 2. The number of nitrogens with zero attached hydrogens (tertiary/aromatic N) is 2. The molecule has 42 heavy (non-hydrogen) atoms. The molecule has 9 nitrogen and oxygen atoms in total. The monoisotopic (exact) mass is 604 g/mol. The molecule has 0 radical (unpaired) electrons. The Morgan fingerprint density at radius 3 is 2.29 bits per heavy atom. The van der Waals surface area contributed by atoms with Crippen LogP contribution in [0.5, 0.6) is 5.75 Å². The molecule has 0 saturated heterocycles. The molecule has 0 aromatic heterocycles. The molecule has 0 saturated carbocycles. The fourth-order valence-corrected chi connectivity index (χ4v) is 4.91. The predicted molar refractivity (Wildman–Crippen MR) is 166 cm³/mol. The van der Waals surface area contributed by atoms with Crippen molar-refractivity contribution in [3.05, 3.63) is 124 Å². The van der Waals surface area contributed by atoms with Crippen molar-refractivity contribution in [3.8, 4) is 5.75 Å². The molecule has 4 aromatic carbocycles. The number of carbonyl (C=O) groups excluding carboxylic acids is 2. The third-order valence-electron chi connectivity index (χ3n) is 6.00. The average Bonchev–Trinajstić information content (AvgIpc) is 2.96. The lowest BCUT2D eigenvalue weighted by Gasteiger charge is -2.22. The van der Waals surface area contributed by atoms with Gasteiger partial charge in [-0.25, -0.2) is 13.8 Å². The van der Waals surface area contributed by atoms with E-state index in [2.05, 4.69) is 15.8 Å². The zero-order chi connectivity index (χ0) is 30.1. The van der Waals surface area contributed by atoms with Crippen LogP contribution in [0.2, 0.25) is 5.02 Å². The highest BCUT2D eigenvalue weighted by Crippen LogP contribution is 2.22. The summed E-state index contributed by atoms with van der Waals surface area (Å²) in [5.74, 6) is -0.287. The van der Waals surface area contributed by atoms with Crippen molar-refractivity contribution in [1.82, 2.24) is 5.43 Å². The predicted octanol–water partition coefficient (Wildman–Crippen LogP) is 5.40. The Kier molecular flexibility index (Phi) is 9.95. The minimum atomic E-state index is -3.55. The average molecular weight is 605 g/mol. The van der Waals surface area contributed by atoms with Crippen LogP contribution in [0.1, 0.15) is 27.0 Å². The first-order chi connectivity index (χ1) is 20.1. The number of hydrogen-bond donors (Lipinski definition) is 2. The normalized spacial score (nSPS) is 11.2. The van der Waals surface area contributed by atoms with E-state index in [0.717, 1.165) is 17.4 Å². The van der Waals surface area contributed by atoms with Gasteiger partial charge in [0.15, 0.2) is 6.61 Å². The molecular weight excluding hydrogens is 576 g/mol. The van der Waals surface area contributed by atoms with E-state index >= 15 is 0 Å². The Labute approximate surface area is 249 Å². The van der Waals surface area contributed by atoms with E-state index in [1.54, 1.807) is 72.8 Å². The van der Waals surface area contributed by atoms with Gasteiger partial charge in [-0.1, -0.05) is 47.5 Å². The van der Waals surface area contributed by atoms with Gasteiger partial charge in [0.25, 0.3) is 11.8 Å². The summed E-state index contributed by atoms with van der Waals surface area (Å²) in [5.41, 5.74) is 6.43. The Morgan fingerprint density at radius 1 is 0.952 bits per heavy atom. The number of aryl methyl sites for hydroxylation is 1. The molecule has 0 aliphatic carbocycles. The van der Waals surface area contributed by atoms with E-state index < -0.39 is 15.9 Å². The highest BCUT2D eigenvalue weighted by molar-refractivity contribution is 7.92. The summed E-state index contributed by atoms with van der Waals surface area (Å²) in [6.45, 7) is 1.96. The fraction of sp³-hybridized carbons (Fsp3) is 0.129. The highest BCUT2D eigenvalue weighted by Gasteiger charge is 2.18. The van der Waals surface area contributed by atoms with Crippen LogP contribution < -0.4 is 19.8 Å². The smallest absolute Gasteiger partial charge is 0.271 e. The summed E-state index contributed by atoms with van der Waals surface area (Å²) < 4.78 is 31.7. The van der Waals surface area contributed by atoms with E-state index in [1.807, 2.05) is 31.2 Å². The van der Waals surface area contributed by atoms with Gasteiger partial charge in [-0.2, -0.15) is 5.10 Å². The van der Waals surface area contributed by atoms with Crippen molar-refractivity contribution in [2.45, 2.75) is 13.5 Å². The summed E-state index contributed by atoms with van der Waals surface area (Å²) in [4.78, 5) is 24.7. The molecule has 0 aliphatic rings. The van der Waals surface area contributed by atoms with Crippen molar-refractivity contribution in [2.24, 2.45) is 5.10 Å². The van der Waals surface area contributed by atoms with Crippen LogP contribution in [0, 0.1) is 6.92 Å². The third-order valence-corrected chi connectivity index (χ3v) is 7.38. The second kappa shape index (κ2) is 13.8. The first-order valence-corrected chi connectivity index (χ1v) is 15.0. The van der Waals surface area contributed by atoms with Gasteiger partial charge >= 0.3 is 0 Å². The summed E-state index contributed by atoms with van der Waals surface area (Å²) in [7, 11) is -3.55. The lowest BCUT2D eigenvalue weighted by Crippen LogP contribution is -2.29. The highest BCUT2D eigenvalue weighted by atomic mass is 35.5. The largest absolute Gasteiger partial charge is 0.484 e. The van der Waals surface area contributed by atoms with Gasteiger partial charge in [-0.3, -0.25) is 13.9 Å². The number of carbonyl (C=O) groups is 2. The van der Waals surface area contributed by atoms with Gasteiger partial charge in [0.1, 0.15) is 5.75 Å². The molecule has 0 heterocycles. The van der Waals surface area contributed by atoms with Crippen LogP contribution >= 0.6 is 11.6 Å². The van der Waals surface area contributed by atoms with Gasteiger partial charge in [0.05, 0.1) is 24.7 Å². The van der Waals surface area contributed by atoms with Crippen molar-refractivity contribution in [1.29, 1.82) is 0 Å². The molecule has 0 unspecified atom stereocenters. The van der Waals surface area contributed by atoms with Crippen LogP contribution in [-0.2, 0) is 21.4 Å². The first-order valence-electron chi connectivity index (χ1n) is 12.8. The summed E-state index contributed by atoms with van der Waals surface area (Å²) in [5, 5.41) is 7.21. The molecule has 0 aliphatic heterocycles. The van der Waals surface area contributed by atoms with Gasteiger partial charge in [-0.15, -0.1) is 0 Å². The number of amides is 2. The summed E-state index contributed by atoms with van der Waals surface area (Å²) in [6.07, 6.45) is 2.61. The third kappa shape index (κ3) is 8.92. The molecule has 2 amide bonds. The number of hydrogen-bond acceptors (Lipinski definition) is 6. The van der Waals surface area contributed by atoms with Gasteiger partial charge in [-0.05, 0) is 84.8 Å². The quantitative estimate of drug-likeness (QED) is 0.176. The molecule has 0 spiro atoms. The molecular formula is C31H29ClN4O5S. The molecule has 11 heteroatoms. The van der Waals surface area contributed by atoms with Crippen molar-refractivity contribution < 1.29 is 22.7 Å². The molecule has 4 rings (SSSR count).